The third kappa shape index (κ3) is 2.24. The van der Waals surface area contributed by atoms with Crippen molar-refractivity contribution in [3.63, 3.8) is 0 Å². The molecule has 1 aromatic heterocycles. The van der Waals surface area contributed by atoms with Crippen LogP contribution in [0.15, 0.2) is 10.7 Å². The van der Waals surface area contributed by atoms with Crippen molar-refractivity contribution in [2.45, 2.75) is 39.0 Å². The fourth-order valence-corrected chi connectivity index (χ4v) is 2.22. The molecule has 15 heavy (non-hydrogen) atoms. The van der Waals surface area contributed by atoms with E-state index < -0.39 is 5.60 Å². The zero-order valence-corrected chi connectivity index (χ0v) is 11.1. The number of ether oxygens (including phenoxy) is 1. The predicted octanol–water partition coefficient (Wildman–Crippen LogP) is 1.91. The highest BCUT2D eigenvalue weighted by Crippen LogP contribution is 2.31. The number of aliphatic hydroxyl groups is 1. The third-order valence-corrected chi connectivity index (χ3v) is 3.30. The average molecular weight is 277 g/mol. The maximum atomic E-state index is 10.4. The van der Waals surface area contributed by atoms with Crippen LogP contribution in [-0.4, -0.2) is 28.1 Å². The molecular weight excluding hydrogens is 260 g/mol. The van der Waals surface area contributed by atoms with Gasteiger partial charge in [0.15, 0.2) is 0 Å². The largest absolute Gasteiger partial charge is 0.381 e. The van der Waals surface area contributed by atoms with E-state index in [4.69, 9.17) is 4.74 Å². The van der Waals surface area contributed by atoms with Gasteiger partial charge in [0.1, 0.15) is 5.60 Å². The lowest BCUT2D eigenvalue weighted by Crippen LogP contribution is -2.38. The van der Waals surface area contributed by atoms with E-state index in [1.54, 1.807) is 24.9 Å². The van der Waals surface area contributed by atoms with E-state index in [9.17, 15) is 5.11 Å². The van der Waals surface area contributed by atoms with Crippen LogP contribution in [0.1, 0.15) is 26.5 Å². The number of aryl methyl sites for hydroxylation is 1. The number of hydrogen-bond donors (Lipinski definition) is 1. The summed E-state index contributed by atoms with van der Waals surface area (Å²) in [5, 5.41) is 14.6. The predicted molar refractivity (Wildman–Crippen MR) is 61.6 cm³/mol. The molecule has 0 saturated heterocycles. The van der Waals surface area contributed by atoms with Crippen LogP contribution in [0.3, 0.4) is 0 Å². The summed E-state index contributed by atoms with van der Waals surface area (Å²) in [7, 11) is 1.58. The van der Waals surface area contributed by atoms with Gasteiger partial charge in [0.25, 0.3) is 0 Å². The number of hydrogen-bond acceptors (Lipinski definition) is 3. The molecule has 0 aliphatic carbocycles. The van der Waals surface area contributed by atoms with E-state index in [1.807, 2.05) is 13.8 Å². The third-order valence-electron chi connectivity index (χ3n) is 2.72. The lowest BCUT2D eigenvalue weighted by molar-refractivity contribution is -0.0826. The van der Waals surface area contributed by atoms with Crippen molar-refractivity contribution in [3.8, 4) is 0 Å². The first-order valence-corrected chi connectivity index (χ1v) is 5.71. The van der Waals surface area contributed by atoms with Crippen LogP contribution in [0.2, 0.25) is 0 Å². The highest BCUT2D eigenvalue weighted by Gasteiger charge is 2.35. The van der Waals surface area contributed by atoms with Gasteiger partial charge in [-0.1, -0.05) is 0 Å². The first-order valence-electron chi connectivity index (χ1n) is 4.92. The van der Waals surface area contributed by atoms with Gasteiger partial charge in [0, 0.05) is 13.7 Å². The molecule has 0 spiro atoms. The van der Waals surface area contributed by atoms with E-state index in [1.165, 1.54) is 0 Å². The quantitative estimate of drug-likeness (QED) is 0.914. The standard InChI is InChI=1S/C10H17BrN2O2/c1-5-13-9(8(11)6-12-13)10(3,14)7(2)15-4/h6-7,14H,5H2,1-4H3. The van der Waals surface area contributed by atoms with Crippen LogP contribution in [0, 0.1) is 0 Å². The molecule has 1 heterocycles. The van der Waals surface area contributed by atoms with Crippen molar-refractivity contribution in [1.82, 2.24) is 9.78 Å². The van der Waals surface area contributed by atoms with Gasteiger partial charge in [-0.25, -0.2) is 0 Å². The molecule has 0 saturated carbocycles. The van der Waals surface area contributed by atoms with E-state index in [-0.39, 0.29) is 6.10 Å². The Morgan fingerprint density at radius 3 is 2.80 bits per heavy atom. The molecule has 1 aromatic rings. The first kappa shape index (κ1) is 12.7. The second kappa shape index (κ2) is 4.63. The summed E-state index contributed by atoms with van der Waals surface area (Å²) in [5.74, 6) is 0. The molecule has 2 atom stereocenters. The van der Waals surface area contributed by atoms with Gasteiger partial charge in [-0.3, -0.25) is 4.68 Å². The summed E-state index contributed by atoms with van der Waals surface area (Å²) in [4.78, 5) is 0. The van der Waals surface area contributed by atoms with E-state index in [2.05, 4.69) is 21.0 Å². The van der Waals surface area contributed by atoms with Crippen LogP contribution in [0.5, 0.6) is 0 Å². The zero-order chi connectivity index (χ0) is 11.6. The highest BCUT2D eigenvalue weighted by atomic mass is 79.9. The minimum atomic E-state index is -1.06. The molecular formula is C10H17BrN2O2. The van der Waals surface area contributed by atoms with E-state index in [0.29, 0.717) is 6.54 Å². The zero-order valence-electron chi connectivity index (χ0n) is 9.49. The van der Waals surface area contributed by atoms with Crippen LogP contribution >= 0.6 is 15.9 Å². The number of halogens is 1. The molecule has 0 aliphatic rings. The summed E-state index contributed by atoms with van der Waals surface area (Å²) in [6.45, 7) is 6.26. The van der Waals surface area contributed by atoms with Gasteiger partial charge in [-0.2, -0.15) is 5.10 Å². The van der Waals surface area contributed by atoms with Crippen LogP contribution in [0.25, 0.3) is 0 Å². The van der Waals surface area contributed by atoms with Gasteiger partial charge >= 0.3 is 0 Å². The Balaban J connectivity index is 3.18. The average Bonchev–Trinajstić information content (AvgIpc) is 2.58. The lowest BCUT2D eigenvalue weighted by atomic mass is 9.96. The van der Waals surface area contributed by atoms with Crippen LogP contribution < -0.4 is 0 Å². The molecule has 4 nitrogen and oxygen atoms in total. The smallest absolute Gasteiger partial charge is 0.130 e. The van der Waals surface area contributed by atoms with E-state index in [0.717, 1.165) is 10.2 Å². The number of nitrogens with zero attached hydrogens (tertiary/aromatic N) is 2. The monoisotopic (exact) mass is 276 g/mol. The second-order valence-corrected chi connectivity index (χ2v) is 4.54. The number of methoxy groups -OCH3 is 1. The molecule has 0 radical (unpaired) electrons. The molecule has 0 amide bonds. The summed E-state index contributed by atoms with van der Waals surface area (Å²) in [5.41, 5.74) is -0.306. The summed E-state index contributed by atoms with van der Waals surface area (Å²) in [6.07, 6.45) is 1.39. The van der Waals surface area contributed by atoms with Crippen LogP contribution in [-0.2, 0) is 16.9 Å². The minimum Gasteiger partial charge on any atom is -0.381 e. The fourth-order valence-electron chi connectivity index (χ4n) is 1.53. The normalized spacial score (nSPS) is 17.5. The van der Waals surface area contributed by atoms with Gasteiger partial charge < -0.3 is 9.84 Å². The maximum absolute atomic E-state index is 10.4. The minimum absolute atomic E-state index is 0.296. The SMILES string of the molecule is CCn1ncc(Br)c1C(C)(O)C(C)OC. The molecule has 0 fully saturated rings. The van der Waals surface area contributed by atoms with Crippen molar-refractivity contribution >= 4 is 15.9 Å². The Hall–Kier alpha value is -0.390. The van der Waals surface area contributed by atoms with Crippen molar-refractivity contribution in [1.29, 1.82) is 0 Å². The molecule has 1 rings (SSSR count). The lowest BCUT2D eigenvalue weighted by Gasteiger charge is -2.30. The molecule has 0 aliphatic heterocycles. The number of aromatic nitrogens is 2. The van der Waals surface area contributed by atoms with E-state index >= 15 is 0 Å². The van der Waals surface area contributed by atoms with Gasteiger partial charge in [0.2, 0.25) is 0 Å². The maximum Gasteiger partial charge on any atom is 0.130 e. The molecule has 0 bridgehead atoms. The second-order valence-electron chi connectivity index (χ2n) is 3.68. The molecule has 2 unspecified atom stereocenters. The van der Waals surface area contributed by atoms with Crippen molar-refractivity contribution in [2.24, 2.45) is 0 Å². The number of rotatable bonds is 4. The van der Waals surface area contributed by atoms with Crippen LogP contribution in [0.4, 0.5) is 0 Å². The van der Waals surface area contributed by atoms with Crippen molar-refractivity contribution < 1.29 is 9.84 Å². The Bertz CT molecular complexity index is 336. The fraction of sp³-hybridized carbons (Fsp3) is 0.700. The van der Waals surface area contributed by atoms with Crippen molar-refractivity contribution in [3.05, 3.63) is 16.4 Å². The Kier molecular flexibility index (Phi) is 3.92. The summed E-state index contributed by atoms with van der Waals surface area (Å²) < 4.78 is 7.75. The first-order chi connectivity index (χ1) is 6.95. The van der Waals surface area contributed by atoms with Gasteiger partial charge in [-0.05, 0) is 36.7 Å². The Morgan fingerprint density at radius 2 is 2.33 bits per heavy atom. The summed E-state index contributed by atoms with van der Waals surface area (Å²) in [6, 6.07) is 0. The van der Waals surface area contributed by atoms with Gasteiger partial charge in [-0.15, -0.1) is 0 Å². The Labute approximate surface area is 98.4 Å². The molecule has 1 N–H and O–H groups in total. The summed E-state index contributed by atoms with van der Waals surface area (Å²) >= 11 is 3.39. The highest BCUT2D eigenvalue weighted by molar-refractivity contribution is 9.10. The molecule has 5 heteroatoms. The Morgan fingerprint density at radius 1 is 1.73 bits per heavy atom. The topological polar surface area (TPSA) is 47.3 Å². The molecule has 86 valence electrons. The molecule has 0 aromatic carbocycles. The van der Waals surface area contributed by atoms with Crippen molar-refractivity contribution in [2.75, 3.05) is 7.11 Å². The van der Waals surface area contributed by atoms with Gasteiger partial charge in [0.05, 0.1) is 22.5 Å².